The number of anilines is 4. The largest absolute Gasteiger partial charge is 0.468 e. The van der Waals surface area contributed by atoms with Gasteiger partial charge in [-0.1, -0.05) is 18.2 Å². The van der Waals surface area contributed by atoms with E-state index in [1.807, 2.05) is 18.2 Å². The highest BCUT2D eigenvalue weighted by Gasteiger charge is 2.49. The highest BCUT2D eigenvalue weighted by atomic mass is 35.5. The van der Waals surface area contributed by atoms with Crippen molar-refractivity contribution in [3.05, 3.63) is 42.1 Å². The Morgan fingerprint density at radius 3 is 2.71 bits per heavy atom. The number of ether oxygens (including phenoxy) is 3. The highest BCUT2D eigenvalue weighted by molar-refractivity contribution is 6.31. The Morgan fingerprint density at radius 2 is 1.97 bits per heavy atom. The molecule has 0 bridgehead atoms. The Kier molecular flexibility index (Phi) is 7.71. The number of benzene rings is 1. The van der Waals surface area contributed by atoms with Crippen molar-refractivity contribution in [1.82, 2.24) is 14.9 Å². The van der Waals surface area contributed by atoms with Crippen molar-refractivity contribution in [2.24, 2.45) is 0 Å². The van der Waals surface area contributed by atoms with E-state index in [1.54, 1.807) is 0 Å². The number of aromatic nitrogens is 2. The molecule has 10 nitrogen and oxygen atoms in total. The van der Waals surface area contributed by atoms with Crippen LogP contribution in [-0.2, 0) is 14.3 Å². The SMILES string of the molecule is C=CC(=O)Nc1cc(Nc2ncc(Cl)c(O[C@H]3CO[C@@H]4[C@H]3OC[C@@H]4F)n2)ccc1N1C[C@@H](C)N(C)[C@@H](C)C1. The van der Waals surface area contributed by atoms with Crippen molar-refractivity contribution in [3.63, 3.8) is 0 Å². The summed E-state index contributed by atoms with van der Waals surface area (Å²) in [6, 6.07) is 6.39. The molecule has 3 saturated heterocycles. The summed E-state index contributed by atoms with van der Waals surface area (Å²) in [6.45, 7) is 9.75. The lowest BCUT2D eigenvalue weighted by atomic mass is 10.1. The molecule has 38 heavy (non-hydrogen) atoms. The topological polar surface area (TPSA) is 101 Å². The van der Waals surface area contributed by atoms with E-state index < -0.39 is 24.5 Å². The molecule has 1 aromatic heterocycles. The second-order valence-electron chi connectivity index (χ2n) is 9.93. The van der Waals surface area contributed by atoms with Crippen molar-refractivity contribution >= 4 is 40.5 Å². The molecule has 3 aliphatic rings. The van der Waals surface area contributed by atoms with Crippen molar-refractivity contribution < 1.29 is 23.4 Å². The van der Waals surface area contributed by atoms with Gasteiger partial charge in [0.05, 0.1) is 30.8 Å². The highest BCUT2D eigenvalue weighted by Crippen LogP contribution is 2.35. The van der Waals surface area contributed by atoms with Gasteiger partial charge in [-0.3, -0.25) is 9.69 Å². The molecule has 0 radical (unpaired) electrons. The lowest BCUT2D eigenvalue weighted by Crippen LogP contribution is -2.55. The number of rotatable bonds is 7. The number of nitrogens with zero attached hydrogens (tertiary/aromatic N) is 4. The van der Waals surface area contributed by atoms with E-state index in [0.717, 1.165) is 18.8 Å². The van der Waals surface area contributed by atoms with Crippen LogP contribution in [0.1, 0.15) is 13.8 Å². The summed E-state index contributed by atoms with van der Waals surface area (Å²) >= 11 is 6.29. The molecule has 2 aromatic rings. The van der Waals surface area contributed by atoms with E-state index in [2.05, 4.69) is 57.9 Å². The zero-order valence-electron chi connectivity index (χ0n) is 21.6. The van der Waals surface area contributed by atoms with Gasteiger partial charge in [0.25, 0.3) is 0 Å². The summed E-state index contributed by atoms with van der Waals surface area (Å²) < 4.78 is 30.9. The minimum Gasteiger partial charge on any atom is -0.468 e. The predicted molar refractivity (Wildman–Crippen MR) is 143 cm³/mol. The van der Waals surface area contributed by atoms with Gasteiger partial charge in [0.15, 0.2) is 12.3 Å². The molecule has 3 fully saturated rings. The van der Waals surface area contributed by atoms with Gasteiger partial charge >= 0.3 is 0 Å². The molecule has 0 saturated carbocycles. The zero-order chi connectivity index (χ0) is 27.0. The van der Waals surface area contributed by atoms with Crippen molar-refractivity contribution in [3.8, 4) is 5.88 Å². The van der Waals surface area contributed by atoms with Crippen LogP contribution in [0.3, 0.4) is 0 Å². The lowest BCUT2D eigenvalue weighted by Gasteiger charge is -2.44. The lowest BCUT2D eigenvalue weighted by molar-refractivity contribution is -0.111. The van der Waals surface area contributed by atoms with Crippen LogP contribution >= 0.6 is 11.6 Å². The van der Waals surface area contributed by atoms with Gasteiger partial charge in [-0.15, -0.1) is 0 Å². The molecule has 1 aromatic carbocycles. The first-order valence-electron chi connectivity index (χ1n) is 12.6. The number of hydrogen-bond donors (Lipinski definition) is 2. The summed E-state index contributed by atoms with van der Waals surface area (Å²) in [6.07, 6.45) is -0.212. The van der Waals surface area contributed by atoms with E-state index in [-0.39, 0.29) is 36.0 Å². The van der Waals surface area contributed by atoms with Crippen LogP contribution < -0.4 is 20.3 Å². The normalized spacial score (nSPS) is 29.1. The second-order valence-corrected chi connectivity index (χ2v) is 10.3. The number of fused-ring (bicyclic) bond motifs is 1. The molecule has 5 rings (SSSR count). The second kappa shape index (κ2) is 11.0. The molecule has 0 spiro atoms. The third kappa shape index (κ3) is 5.42. The van der Waals surface area contributed by atoms with Crippen LogP contribution in [0.15, 0.2) is 37.1 Å². The Balaban J connectivity index is 1.35. The average Bonchev–Trinajstić information content (AvgIpc) is 3.47. The molecule has 204 valence electrons. The van der Waals surface area contributed by atoms with E-state index in [9.17, 15) is 9.18 Å². The summed E-state index contributed by atoms with van der Waals surface area (Å²) in [5.41, 5.74) is 2.21. The maximum atomic E-state index is 13.9. The molecule has 4 heterocycles. The average molecular weight is 547 g/mol. The Morgan fingerprint density at radius 1 is 1.24 bits per heavy atom. The van der Waals surface area contributed by atoms with Gasteiger partial charge in [-0.2, -0.15) is 4.98 Å². The number of likely N-dealkylation sites (N-methyl/N-ethyl adjacent to an activating group) is 1. The number of halogens is 2. The number of piperazine rings is 1. The number of alkyl halides is 1. The first-order chi connectivity index (χ1) is 18.2. The Labute approximate surface area is 226 Å². The minimum atomic E-state index is -1.18. The van der Waals surface area contributed by atoms with E-state index in [1.165, 1.54) is 12.3 Å². The van der Waals surface area contributed by atoms with E-state index >= 15 is 0 Å². The number of hydrogen-bond acceptors (Lipinski definition) is 9. The fraction of sp³-hybridized carbons (Fsp3) is 0.500. The molecule has 0 unspecified atom stereocenters. The van der Waals surface area contributed by atoms with Crippen LogP contribution in [0.25, 0.3) is 0 Å². The van der Waals surface area contributed by atoms with Gasteiger partial charge in [0, 0.05) is 30.9 Å². The van der Waals surface area contributed by atoms with Crippen molar-refractivity contribution in [2.45, 2.75) is 50.4 Å². The third-order valence-electron chi connectivity index (χ3n) is 7.32. The van der Waals surface area contributed by atoms with Crippen LogP contribution in [0.2, 0.25) is 5.02 Å². The fourth-order valence-corrected chi connectivity index (χ4v) is 5.20. The number of carbonyl (C=O) groups excluding carboxylic acids is 1. The van der Waals surface area contributed by atoms with Gasteiger partial charge < -0.3 is 29.7 Å². The number of carbonyl (C=O) groups is 1. The van der Waals surface area contributed by atoms with E-state index in [4.69, 9.17) is 25.8 Å². The molecular formula is C26H32ClFN6O4. The summed E-state index contributed by atoms with van der Waals surface area (Å²) in [4.78, 5) is 25.5. The van der Waals surface area contributed by atoms with E-state index in [0.29, 0.717) is 23.5 Å². The van der Waals surface area contributed by atoms with Gasteiger partial charge in [0.2, 0.25) is 17.7 Å². The predicted octanol–water partition coefficient (Wildman–Crippen LogP) is 3.41. The standard InChI is InChI=1S/C26H32ClFN6O4/c1-5-22(35)31-19-8-16(6-7-20(19)34-10-14(2)33(4)15(3)11-34)30-26-29-9-17(27)25(32-26)38-21-13-37-23-18(28)12-36-24(21)23/h5-9,14-15,18,21,23-24H,1,10-13H2,2-4H3,(H,31,35)(H,29,30,32)/t14-,15+,18-,21-,23-,24-/m0/s1. The Hall–Kier alpha value is -2.99. The molecule has 6 atom stereocenters. The number of nitrogens with one attached hydrogen (secondary N) is 2. The molecule has 1 amide bonds. The summed E-state index contributed by atoms with van der Waals surface area (Å²) in [7, 11) is 2.13. The first-order valence-corrected chi connectivity index (χ1v) is 13.0. The minimum absolute atomic E-state index is 0.0216. The molecular weight excluding hydrogens is 515 g/mol. The third-order valence-corrected chi connectivity index (χ3v) is 7.58. The zero-order valence-corrected chi connectivity index (χ0v) is 22.3. The van der Waals surface area contributed by atoms with Crippen molar-refractivity contribution in [2.75, 3.05) is 48.9 Å². The molecule has 0 aliphatic carbocycles. The van der Waals surface area contributed by atoms with Crippen LogP contribution in [0.4, 0.5) is 27.4 Å². The van der Waals surface area contributed by atoms with Crippen molar-refractivity contribution in [1.29, 1.82) is 0 Å². The summed E-state index contributed by atoms with van der Waals surface area (Å²) in [5.74, 6) is 0.0755. The molecule has 3 aliphatic heterocycles. The smallest absolute Gasteiger partial charge is 0.247 e. The first kappa shape index (κ1) is 26.6. The Bertz CT molecular complexity index is 1190. The fourth-order valence-electron chi connectivity index (χ4n) is 5.06. The quantitative estimate of drug-likeness (QED) is 0.506. The monoisotopic (exact) mass is 546 g/mol. The molecule has 2 N–H and O–H groups in total. The van der Waals surface area contributed by atoms with Gasteiger partial charge in [-0.25, -0.2) is 9.37 Å². The van der Waals surface area contributed by atoms with Crippen LogP contribution in [0, 0.1) is 0 Å². The van der Waals surface area contributed by atoms with Gasteiger partial charge in [-0.05, 0) is 45.2 Å². The maximum absolute atomic E-state index is 13.9. The van der Waals surface area contributed by atoms with Crippen LogP contribution in [0.5, 0.6) is 5.88 Å². The van der Waals surface area contributed by atoms with Crippen LogP contribution in [-0.4, -0.2) is 90.7 Å². The number of amides is 1. The maximum Gasteiger partial charge on any atom is 0.247 e. The summed E-state index contributed by atoms with van der Waals surface area (Å²) in [5, 5.41) is 6.28. The van der Waals surface area contributed by atoms with Gasteiger partial charge in [0.1, 0.15) is 17.2 Å². The molecule has 12 heteroatoms.